The molecule has 0 radical (unpaired) electrons. The van der Waals surface area contributed by atoms with Crippen LogP contribution in [0, 0.1) is 0 Å². The Hall–Kier alpha value is -1.25. The van der Waals surface area contributed by atoms with E-state index in [1.807, 2.05) is 6.92 Å². The van der Waals surface area contributed by atoms with E-state index in [2.05, 4.69) is 9.97 Å². The second kappa shape index (κ2) is 3.95. The van der Waals surface area contributed by atoms with Crippen molar-refractivity contribution in [3.8, 4) is 0 Å². The number of nitrogens with zero attached hydrogens (tertiary/aromatic N) is 2. The molecule has 0 aliphatic carbocycles. The van der Waals surface area contributed by atoms with Crippen LogP contribution in [-0.2, 0) is 4.79 Å². The maximum atomic E-state index is 10.8. The second-order valence-electron chi connectivity index (χ2n) is 2.94. The molecule has 0 aliphatic heterocycles. The normalized spacial score (nSPS) is 12.5. The maximum absolute atomic E-state index is 10.8. The Morgan fingerprint density at radius 3 is 2.83 bits per heavy atom. The van der Waals surface area contributed by atoms with E-state index in [0.717, 1.165) is 5.69 Å². The van der Waals surface area contributed by atoms with E-state index in [0.29, 0.717) is 6.42 Å². The second-order valence-corrected chi connectivity index (χ2v) is 2.94. The molecule has 0 amide bonds. The number of aromatic nitrogens is 2. The van der Waals surface area contributed by atoms with Crippen molar-refractivity contribution in [3.63, 3.8) is 0 Å². The third-order valence-electron chi connectivity index (χ3n) is 1.68. The van der Waals surface area contributed by atoms with Crippen molar-refractivity contribution in [2.24, 2.45) is 0 Å². The van der Waals surface area contributed by atoms with Gasteiger partial charge in [-0.2, -0.15) is 0 Å². The Labute approximate surface area is 71.9 Å². The van der Waals surface area contributed by atoms with E-state index in [4.69, 9.17) is 0 Å². The Balaban J connectivity index is 2.65. The lowest BCUT2D eigenvalue weighted by molar-refractivity contribution is -0.117. The Morgan fingerprint density at radius 1 is 1.58 bits per heavy atom. The summed E-state index contributed by atoms with van der Waals surface area (Å²) >= 11 is 0. The maximum Gasteiger partial charge on any atom is 0.130 e. The molecule has 0 fully saturated rings. The molecule has 0 saturated heterocycles. The lowest BCUT2D eigenvalue weighted by atomic mass is 10.0. The Kier molecular flexibility index (Phi) is 2.91. The van der Waals surface area contributed by atoms with Gasteiger partial charge >= 0.3 is 0 Å². The first kappa shape index (κ1) is 8.84. The minimum absolute atomic E-state index is 0.177. The summed E-state index contributed by atoms with van der Waals surface area (Å²) in [7, 11) is 0. The smallest absolute Gasteiger partial charge is 0.130 e. The monoisotopic (exact) mass is 164 g/mol. The van der Waals surface area contributed by atoms with Crippen LogP contribution in [-0.4, -0.2) is 15.8 Å². The third-order valence-corrected chi connectivity index (χ3v) is 1.68. The van der Waals surface area contributed by atoms with E-state index >= 15 is 0 Å². The summed E-state index contributed by atoms with van der Waals surface area (Å²) in [5.74, 6) is 0.365. The van der Waals surface area contributed by atoms with Gasteiger partial charge in [-0.05, 0) is 6.92 Å². The number of carbonyl (C=O) groups excluding carboxylic acids is 1. The topological polar surface area (TPSA) is 42.9 Å². The zero-order valence-electron chi connectivity index (χ0n) is 7.32. The van der Waals surface area contributed by atoms with Gasteiger partial charge in [0.25, 0.3) is 0 Å². The molecule has 0 N–H and O–H groups in total. The molecule has 1 aromatic rings. The minimum Gasteiger partial charge on any atom is -0.300 e. The van der Waals surface area contributed by atoms with Gasteiger partial charge in [-0.1, -0.05) is 6.92 Å². The number of carbonyl (C=O) groups is 1. The highest BCUT2D eigenvalue weighted by Crippen LogP contribution is 2.14. The highest BCUT2D eigenvalue weighted by molar-refractivity contribution is 5.76. The summed E-state index contributed by atoms with van der Waals surface area (Å²) < 4.78 is 0. The van der Waals surface area contributed by atoms with Gasteiger partial charge < -0.3 is 4.79 Å². The average Bonchev–Trinajstić information content (AvgIpc) is 2.05. The highest BCUT2D eigenvalue weighted by Gasteiger charge is 2.08. The molecule has 1 heterocycles. The SMILES string of the molecule is CC(=O)CC(C)c1cnccn1. The summed E-state index contributed by atoms with van der Waals surface area (Å²) in [5, 5.41) is 0. The lowest BCUT2D eigenvalue weighted by Crippen LogP contribution is -2.02. The van der Waals surface area contributed by atoms with Gasteiger partial charge in [0.05, 0.1) is 5.69 Å². The van der Waals surface area contributed by atoms with Crippen LogP contribution in [0.25, 0.3) is 0 Å². The number of hydrogen-bond acceptors (Lipinski definition) is 3. The molecule has 12 heavy (non-hydrogen) atoms. The van der Waals surface area contributed by atoms with Crippen LogP contribution in [0.15, 0.2) is 18.6 Å². The third kappa shape index (κ3) is 2.42. The molecule has 64 valence electrons. The first-order chi connectivity index (χ1) is 5.70. The largest absolute Gasteiger partial charge is 0.300 e. The number of rotatable bonds is 3. The Morgan fingerprint density at radius 2 is 2.33 bits per heavy atom. The molecule has 0 spiro atoms. The van der Waals surface area contributed by atoms with Gasteiger partial charge in [-0.3, -0.25) is 9.97 Å². The highest BCUT2D eigenvalue weighted by atomic mass is 16.1. The van der Waals surface area contributed by atoms with Crippen LogP contribution in [0.2, 0.25) is 0 Å². The van der Waals surface area contributed by atoms with E-state index in [1.54, 1.807) is 25.5 Å². The average molecular weight is 164 g/mol. The zero-order chi connectivity index (χ0) is 8.97. The molecule has 0 bridgehead atoms. The van der Waals surface area contributed by atoms with Crippen LogP contribution in [0.3, 0.4) is 0 Å². The summed E-state index contributed by atoms with van der Waals surface area (Å²) in [5.41, 5.74) is 0.882. The predicted octanol–water partition coefficient (Wildman–Crippen LogP) is 1.56. The summed E-state index contributed by atoms with van der Waals surface area (Å²) in [6.45, 7) is 3.57. The molecule has 1 unspecified atom stereocenters. The first-order valence-electron chi connectivity index (χ1n) is 3.95. The minimum atomic E-state index is 0.177. The molecule has 3 heteroatoms. The van der Waals surface area contributed by atoms with Crippen molar-refractivity contribution >= 4 is 5.78 Å². The summed E-state index contributed by atoms with van der Waals surface area (Å²) in [6.07, 6.45) is 5.52. The van der Waals surface area contributed by atoms with Gasteiger partial charge in [0.1, 0.15) is 5.78 Å². The summed E-state index contributed by atoms with van der Waals surface area (Å²) in [6, 6.07) is 0. The zero-order valence-corrected chi connectivity index (χ0v) is 7.32. The van der Waals surface area contributed by atoms with Crippen molar-refractivity contribution in [1.82, 2.24) is 9.97 Å². The number of Topliss-reactive ketones (excluding diaryl/α,β-unsaturated/α-hetero) is 1. The van der Waals surface area contributed by atoms with Crippen LogP contribution in [0.4, 0.5) is 0 Å². The van der Waals surface area contributed by atoms with Gasteiger partial charge in [-0.15, -0.1) is 0 Å². The van der Waals surface area contributed by atoms with Crippen molar-refractivity contribution < 1.29 is 4.79 Å². The molecule has 3 nitrogen and oxygen atoms in total. The van der Waals surface area contributed by atoms with Crippen LogP contribution in [0.5, 0.6) is 0 Å². The van der Waals surface area contributed by atoms with Crippen molar-refractivity contribution in [1.29, 1.82) is 0 Å². The van der Waals surface area contributed by atoms with E-state index < -0.39 is 0 Å². The standard InChI is InChI=1S/C9H12N2O/c1-7(5-8(2)12)9-6-10-3-4-11-9/h3-4,6-7H,5H2,1-2H3. The molecule has 1 rings (SSSR count). The van der Waals surface area contributed by atoms with E-state index in [9.17, 15) is 4.79 Å². The molecule has 0 saturated carbocycles. The number of ketones is 1. The van der Waals surface area contributed by atoms with E-state index in [-0.39, 0.29) is 11.7 Å². The van der Waals surface area contributed by atoms with Gasteiger partial charge in [-0.25, -0.2) is 0 Å². The summed E-state index contributed by atoms with van der Waals surface area (Å²) in [4.78, 5) is 18.8. The molecule has 0 aromatic carbocycles. The molecular formula is C9H12N2O. The van der Waals surface area contributed by atoms with Crippen molar-refractivity contribution in [2.45, 2.75) is 26.2 Å². The fraction of sp³-hybridized carbons (Fsp3) is 0.444. The van der Waals surface area contributed by atoms with Gasteiger partial charge in [0.2, 0.25) is 0 Å². The lowest BCUT2D eigenvalue weighted by Gasteiger charge is -2.06. The van der Waals surface area contributed by atoms with Crippen LogP contribution in [0.1, 0.15) is 31.9 Å². The van der Waals surface area contributed by atoms with Gasteiger partial charge in [0, 0.05) is 30.9 Å². The molecule has 1 atom stereocenters. The van der Waals surface area contributed by atoms with Crippen LogP contribution >= 0.6 is 0 Å². The molecule has 0 aliphatic rings. The predicted molar refractivity (Wildman–Crippen MR) is 45.7 cm³/mol. The fourth-order valence-corrected chi connectivity index (χ4v) is 1.10. The van der Waals surface area contributed by atoms with Gasteiger partial charge in [0.15, 0.2) is 0 Å². The molecule has 1 aromatic heterocycles. The quantitative estimate of drug-likeness (QED) is 0.680. The Bertz CT molecular complexity index is 258. The van der Waals surface area contributed by atoms with Crippen LogP contribution < -0.4 is 0 Å². The fourth-order valence-electron chi connectivity index (χ4n) is 1.10. The van der Waals surface area contributed by atoms with E-state index in [1.165, 1.54) is 0 Å². The van der Waals surface area contributed by atoms with Crippen molar-refractivity contribution in [3.05, 3.63) is 24.3 Å². The first-order valence-corrected chi connectivity index (χ1v) is 3.95. The molecular weight excluding hydrogens is 152 g/mol. The number of hydrogen-bond donors (Lipinski definition) is 0. The van der Waals surface area contributed by atoms with Crippen molar-refractivity contribution in [2.75, 3.05) is 0 Å².